The van der Waals surface area contributed by atoms with Crippen LogP contribution in [0.3, 0.4) is 0 Å². The van der Waals surface area contributed by atoms with E-state index >= 15 is 0 Å². The maximum Gasteiger partial charge on any atom is 0.213 e. The SMILES string of the molecule is COCCCOCCOc1ccc(CN)c(C)n1. The van der Waals surface area contributed by atoms with Gasteiger partial charge in [-0.2, -0.15) is 0 Å². The summed E-state index contributed by atoms with van der Waals surface area (Å²) in [7, 11) is 1.68. The molecule has 0 aromatic carbocycles. The Morgan fingerprint density at radius 2 is 2.00 bits per heavy atom. The lowest BCUT2D eigenvalue weighted by Gasteiger charge is -2.08. The van der Waals surface area contributed by atoms with Gasteiger partial charge in [0.2, 0.25) is 5.88 Å². The molecule has 1 rings (SSSR count). The first kappa shape index (κ1) is 14.9. The largest absolute Gasteiger partial charge is 0.475 e. The second-order valence-corrected chi connectivity index (χ2v) is 3.91. The van der Waals surface area contributed by atoms with Crippen LogP contribution < -0.4 is 10.5 Å². The lowest BCUT2D eigenvalue weighted by molar-refractivity contribution is 0.0795. The predicted molar refractivity (Wildman–Crippen MR) is 69.7 cm³/mol. The van der Waals surface area contributed by atoms with E-state index in [0.29, 0.717) is 32.2 Å². The minimum atomic E-state index is 0.501. The van der Waals surface area contributed by atoms with Gasteiger partial charge in [0.05, 0.1) is 6.61 Å². The Balaban J connectivity index is 2.17. The summed E-state index contributed by atoms with van der Waals surface area (Å²) in [5.74, 6) is 0.616. The Labute approximate surface area is 108 Å². The normalized spacial score (nSPS) is 10.6. The average molecular weight is 254 g/mol. The van der Waals surface area contributed by atoms with Crippen molar-refractivity contribution in [2.24, 2.45) is 5.73 Å². The zero-order valence-corrected chi connectivity index (χ0v) is 11.1. The smallest absolute Gasteiger partial charge is 0.213 e. The number of aromatic nitrogens is 1. The van der Waals surface area contributed by atoms with Crippen molar-refractivity contribution in [3.05, 3.63) is 23.4 Å². The third kappa shape index (κ3) is 5.44. The highest BCUT2D eigenvalue weighted by Crippen LogP contribution is 2.11. The Hall–Kier alpha value is -1.17. The molecular formula is C13H22N2O3. The first-order valence-electron chi connectivity index (χ1n) is 6.14. The van der Waals surface area contributed by atoms with Gasteiger partial charge in [-0.05, 0) is 18.9 Å². The molecule has 0 atom stereocenters. The van der Waals surface area contributed by atoms with Crippen LogP contribution in [0.4, 0.5) is 0 Å². The van der Waals surface area contributed by atoms with E-state index in [-0.39, 0.29) is 0 Å². The summed E-state index contributed by atoms with van der Waals surface area (Å²) in [5.41, 5.74) is 7.52. The molecule has 0 radical (unpaired) electrons. The van der Waals surface area contributed by atoms with Gasteiger partial charge in [-0.25, -0.2) is 4.98 Å². The minimum Gasteiger partial charge on any atom is -0.475 e. The van der Waals surface area contributed by atoms with Crippen LogP contribution in [-0.2, 0) is 16.0 Å². The van der Waals surface area contributed by atoms with E-state index in [1.54, 1.807) is 7.11 Å². The van der Waals surface area contributed by atoms with E-state index < -0.39 is 0 Å². The average Bonchev–Trinajstić information content (AvgIpc) is 2.38. The molecule has 1 aromatic rings. The second-order valence-electron chi connectivity index (χ2n) is 3.91. The topological polar surface area (TPSA) is 66.6 Å². The van der Waals surface area contributed by atoms with E-state index in [9.17, 15) is 0 Å². The van der Waals surface area contributed by atoms with Gasteiger partial charge in [-0.3, -0.25) is 0 Å². The third-order valence-electron chi connectivity index (χ3n) is 2.50. The fourth-order valence-corrected chi connectivity index (χ4v) is 1.48. The van der Waals surface area contributed by atoms with E-state index in [1.807, 2.05) is 19.1 Å². The monoisotopic (exact) mass is 254 g/mol. The van der Waals surface area contributed by atoms with Gasteiger partial charge in [0.15, 0.2) is 0 Å². The van der Waals surface area contributed by atoms with Gasteiger partial charge in [-0.1, -0.05) is 6.07 Å². The molecule has 18 heavy (non-hydrogen) atoms. The van der Waals surface area contributed by atoms with Crippen molar-refractivity contribution in [1.29, 1.82) is 0 Å². The number of hydrogen-bond donors (Lipinski definition) is 1. The van der Waals surface area contributed by atoms with Crippen LogP contribution in [0, 0.1) is 6.92 Å². The van der Waals surface area contributed by atoms with Gasteiger partial charge in [0.1, 0.15) is 6.61 Å². The van der Waals surface area contributed by atoms with E-state index in [0.717, 1.165) is 24.3 Å². The minimum absolute atomic E-state index is 0.501. The number of rotatable bonds is 9. The van der Waals surface area contributed by atoms with Gasteiger partial charge < -0.3 is 19.9 Å². The third-order valence-corrected chi connectivity index (χ3v) is 2.50. The van der Waals surface area contributed by atoms with Crippen molar-refractivity contribution in [3.63, 3.8) is 0 Å². The molecular weight excluding hydrogens is 232 g/mol. The standard InChI is InChI=1S/C13H22N2O3/c1-11-12(10-14)4-5-13(15-11)18-9-8-17-7-3-6-16-2/h4-5H,3,6-10,14H2,1-2H3. The summed E-state index contributed by atoms with van der Waals surface area (Å²) >= 11 is 0. The highest BCUT2D eigenvalue weighted by molar-refractivity contribution is 5.24. The Kier molecular flexibility index (Phi) is 7.32. The van der Waals surface area contributed by atoms with Crippen LogP contribution >= 0.6 is 0 Å². The van der Waals surface area contributed by atoms with Crippen LogP contribution in [-0.4, -0.2) is 38.5 Å². The van der Waals surface area contributed by atoms with Gasteiger partial charge in [0.25, 0.3) is 0 Å². The highest BCUT2D eigenvalue weighted by Gasteiger charge is 2.01. The van der Waals surface area contributed by atoms with Crippen molar-refractivity contribution in [3.8, 4) is 5.88 Å². The molecule has 0 saturated carbocycles. The zero-order chi connectivity index (χ0) is 13.2. The first-order valence-corrected chi connectivity index (χ1v) is 6.14. The Morgan fingerprint density at radius 1 is 1.17 bits per heavy atom. The molecule has 102 valence electrons. The fourth-order valence-electron chi connectivity index (χ4n) is 1.48. The second kappa shape index (κ2) is 8.85. The van der Waals surface area contributed by atoms with Crippen molar-refractivity contribution in [2.75, 3.05) is 33.5 Å². The summed E-state index contributed by atoms with van der Waals surface area (Å²) in [4.78, 5) is 4.31. The number of nitrogens with zero attached hydrogens (tertiary/aromatic N) is 1. The molecule has 1 aromatic heterocycles. The predicted octanol–water partition coefficient (Wildman–Crippen LogP) is 1.28. The fraction of sp³-hybridized carbons (Fsp3) is 0.615. The molecule has 0 aliphatic rings. The maximum absolute atomic E-state index is 5.57. The Morgan fingerprint density at radius 3 is 2.67 bits per heavy atom. The number of nitrogens with two attached hydrogens (primary N) is 1. The summed E-state index contributed by atoms with van der Waals surface area (Å²) in [6, 6.07) is 3.78. The van der Waals surface area contributed by atoms with E-state index in [1.165, 1.54) is 0 Å². The summed E-state index contributed by atoms with van der Waals surface area (Å²) < 4.78 is 15.8. The van der Waals surface area contributed by atoms with Crippen molar-refractivity contribution < 1.29 is 14.2 Å². The van der Waals surface area contributed by atoms with Crippen LogP contribution in [0.2, 0.25) is 0 Å². The number of methoxy groups -OCH3 is 1. The summed E-state index contributed by atoms with van der Waals surface area (Å²) in [6.07, 6.45) is 0.902. The van der Waals surface area contributed by atoms with Gasteiger partial charge in [-0.15, -0.1) is 0 Å². The maximum atomic E-state index is 5.57. The van der Waals surface area contributed by atoms with Crippen LogP contribution in [0.25, 0.3) is 0 Å². The number of hydrogen-bond acceptors (Lipinski definition) is 5. The molecule has 0 amide bonds. The lowest BCUT2D eigenvalue weighted by Crippen LogP contribution is -2.10. The molecule has 1 heterocycles. The molecule has 0 fully saturated rings. The first-order chi connectivity index (χ1) is 8.77. The van der Waals surface area contributed by atoms with Crippen molar-refractivity contribution >= 4 is 0 Å². The molecule has 0 unspecified atom stereocenters. The van der Waals surface area contributed by atoms with Crippen LogP contribution in [0.15, 0.2) is 12.1 Å². The van der Waals surface area contributed by atoms with Gasteiger partial charge in [0, 0.05) is 38.6 Å². The van der Waals surface area contributed by atoms with Crippen LogP contribution in [0.5, 0.6) is 5.88 Å². The number of ether oxygens (including phenoxy) is 3. The molecule has 5 heteroatoms. The lowest BCUT2D eigenvalue weighted by atomic mass is 10.2. The summed E-state index contributed by atoms with van der Waals surface area (Å²) in [5, 5.41) is 0. The van der Waals surface area contributed by atoms with Crippen molar-refractivity contribution in [2.45, 2.75) is 19.9 Å². The summed E-state index contributed by atoms with van der Waals surface area (Å²) in [6.45, 7) is 4.90. The van der Waals surface area contributed by atoms with Crippen LogP contribution in [0.1, 0.15) is 17.7 Å². The Bertz CT molecular complexity index is 345. The molecule has 0 spiro atoms. The quantitative estimate of drug-likeness (QED) is 0.672. The van der Waals surface area contributed by atoms with E-state index in [2.05, 4.69) is 4.98 Å². The molecule has 5 nitrogen and oxygen atoms in total. The molecule has 0 aliphatic heterocycles. The molecule has 0 bridgehead atoms. The van der Waals surface area contributed by atoms with Gasteiger partial charge >= 0.3 is 0 Å². The number of aryl methyl sites for hydroxylation is 1. The number of pyridine rings is 1. The molecule has 0 aliphatic carbocycles. The van der Waals surface area contributed by atoms with E-state index in [4.69, 9.17) is 19.9 Å². The highest BCUT2D eigenvalue weighted by atomic mass is 16.5. The molecule has 2 N–H and O–H groups in total. The zero-order valence-electron chi connectivity index (χ0n) is 11.1. The van der Waals surface area contributed by atoms with Crippen molar-refractivity contribution in [1.82, 2.24) is 4.98 Å². The molecule has 0 saturated heterocycles.